The Morgan fingerprint density at radius 1 is 1.38 bits per heavy atom. The van der Waals surface area contributed by atoms with Crippen LogP contribution >= 0.6 is 0 Å². The van der Waals surface area contributed by atoms with Gasteiger partial charge in [0.2, 0.25) is 0 Å². The zero-order valence-corrected chi connectivity index (χ0v) is 12.1. The van der Waals surface area contributed by atoms with E-state index in [1.54, 1.807) is 61.5 Å². The van der Waals surface area contributed by atoms with E-state index in [9.17, 15) is 9.90 Å². The van der Waals surface area contributed by atoms with Gasteiger partial charge < -0.3 is 14.7 Å². The zero-order valence-electron chi connectivity index (χ0n) is 12.1. The van der Waals surface area contributed by atoms with Crippen LogP contribution in [-0.2, 0) is 6.54 Å². The molecule has 2 rings (SSSR count). The second-order valence-electron chi connectivity index (χ2n) is 4.92. The largest absolute Gasteiger partial charge is 0.491 e. The fourth-order valence-corrected chi connectivity index (χ4v) is 1.82. The van der Waals surface area contributed by atoms with E-state index in [0.29, 0.717) is 17.9 Å². The first kappa shape index (κ1) is 15.1. The minimum Gasteiger partial charge on any atom is -0.491 e. The van der Waals surface area contributed by atoms with Crippen molar-refractivity contribution in [3.05, 3.63) is 48.3 Å². The first-order valence-electron chi connectivity index (χ1n) is 6.66. The Bertz CT molecular complexity index is 564. The first-order valence-corrected chi connectivity index (χ1v) is 6.66. The SMILES string of the molecule is CN(C)C(=O)c1ccc(OCC(O)Cn2cccn2)cc1. The molecule has 0 aliphatic carbocycles. The fourth-order valence-electron chi connectivity index (χ4n) is 1.82. The Hall–Kier alpha value is -2.34. The molecule has 0 aliphatic rings. The number of nitrogens with zero attached hydrogens (tertiary/aromatic N) is 3. The second kappa shape index (κ2) is 6.90. The molecule has 6 nitrogen and oxygen atoms in total. The number of amides is 1. The monoisotopic (exact) mass is 289 g/mol. The minimum absolute atomic E-state index is 0.0553. The van der Waals surface area contributed by atoms with Gasteiger partial charge in [-0.3, -0.25) is 9.48 Å². The van der Waals surface area contributed by atoms with Gasteiger partial charge in [0.1, 0.15) is 18.5 Å². The molecule has 0 saturated heterocycles. The number of hydrogen-bond acceptors (Lipinski definition) is 4. The average Bonchev–Trinajstić information content (AvgIpc) is 2.97. The van der Waals surface area contributed by atoms with Gasteiger partial charge in [0.15, 0.2) is 0 Å². The van der Waals surface area contributed by atoms with Gasteiger partial charge in [-0.2, -0.15) is 5.10 Å². The number of hydrogen-bond donors (Lipinski definition) is 1. The molecule has 1 heterocycles. The summed E-state index contributed by atoms with van der Waals surface area (Å²) < 4.78 is 7.14. The highest BCUT2D eigenvalue weighted by molar-refractivity contribution is 5.93. The molecule has 0 bridgehead atoms. The van der Waals surface area contributed by atoms with E-state index < -0.39 is 6.10 Å². The van der Waals surface area contributed by atoms with Crippen molar-refractivity contribution >= 4 is 5.91 Å². The summed E-state index contributed by atoms with van der Waals surface area (Å²) in [6.45, 7) is 0.547. The van der Waals surface area contributed by atoms with Crippen molar-refractivity contribution < 1.29 is 14.6 Å². The predicted molar refractivity (Wildman–Crippen MR) is 78.2 cm³/mol. The normalized spacial score (nSPS) is 12.0. The third-order valence-electron chi connectivity index (χ3n) is 2.91. The van der Waals surface area contributed by atoms with Crippen molar-refractivity contribution in [2.24, 2.45) is 0 Å². The summed E-state index contributed by atoms with van der Waals surface area (Å²) >= 11 is 0. The topological polar surface area (TPSA) is 67.6 Å². The van der Waals surface area contributed by atoms with Gasteiger partial charge in [-0.1, -0.05) is 0 Å². The molecule has 0 spiro atoms. The lowest BCUT2D eigenvalue weighted by atomic mass is 10.2. The van der Waals surface area contributed by atoms with Gasteiger partial charge in [-0.05, 0) is 30.3 Å². The summed E-state index contributed by atoms with van der Waals surface area (Å²) in [6, 6.07) is 8.65. The van der Waals surface area contributed by atoms with Crippen LogP contribution in [0.15, 0.2) is 42.7 Å². The Morgan fingerprint density at radius 3 is 2.67 bits per heavy atom. The second-order valence-corrected chi connectivity index (χ2v) is 4.92. The molecule has 0 fully saturated rings. The number of carbonyl (C=O) groups excluding carboxylic acids is 1. The molecule has 112 valence electrons. The molecular formula is C15H19N3O3. The third kappa shape index (κ3) is 4.32. The molecule has 1 N–H and O–H groups in total. The molecule has 0 radical (unpaired) electrons. The fraction of sp³-hybridized carbons (Fsp3) is 0.333. The number of aliphatic hydroxyl groups is 1. The number of carbonyl (C=O) groups is 1. The average molecular weight is 289 g/mol. The molecule has 2 aromatic rings. The van der Waals surface area contributed by atoms with Crippen molar-refractivity contribution in [2.45, 2.75) is 12.6 Å². The van der Waals surface area contributed by atoms with Crippen LogP contribution in [0.2, 0.25) is 0 Å². The van der Waals surface area contributed by atoms with E-state index in [2.05, 4.69) is 5.10 Å². The molecule has 1 aromatic carbocycles. The molecule has 21 heavy (non-hydrogen) atoms. The number of rotatable bonds is 6. The summed E-state index contributed by atoms with van der Waals surface area (Å²) in [5.41, 5.74) is 0.601. The summed E-state index contributed by atoms with van der Waals surface area (Å²) in [5.74, 6) is 0.560. The van der Waals surface area contributed by atoms with Gasteiger partial charge >= 0.3 is 0 Å². The van der Waals surface area contributed by atoms with Gasteiger partial charge in [0.05, 0.1) is 6.54 Å². The molecule has 1 amide bonds. The van der Waals surface area contributed by atoms with Gasteiger partial charge in [-0.25, -0.2) is 0 Å². The highest BCUT2D eigenvalue weighted by Crippen LogP contribution is 2.13. The van der Waals surface area contributed by atoms with Crippen molar-refractivity contribution in [1.29, 1.82) is 0 Å². The summed E-state index contributed by atoms with van der Waals surface area (Å²) in [4.78, 5) is 13.3. The number of aromatic nitrogens is 2. The van der Waals surface area contributed by atoms with Crippen LogP contribution in [-0.4, -0.2) is 52.5 Å². The van der Waals surface area contributed by atoms with Gasteiger partial charge in [-0.15, -0.1) is 0 Å². The molecule has 0 aliphatic heterocycles. The van der Waals surface area contributed by atoms with E-state index in [-0.39, 0.29) is 12.5 Å². The highest BCUT2D eigenvalue weighted by atomic mass is 16.5. The van der Waals surface area contributed by atoms with E-state index in [4.69, 9.17) is 4.74 Å². The van der Waals surface area contributed by atoms with Crippen LogP contribution in [0.4, 0.5) is 0 Å². The van der Waals surface area contributed by atoms with Crippen molar-refractivity contribution in [1.82, 2.24) is 14.7 Å². The van der Waals surface area contributed by atoms with E-state index in [0.717, 1.165) is 0 Å². The van der Waals surface area contributed by atoms with Crippen molar-refractivity contribution in [3.63, 3.8) is 0 Å². The molecule has 1 unspecified atom stereocenters. The molecule has 6 heteroatoms. The predicted octanol–water partition coefficient (Wildman–Crippen LogP) is 1.02. The summed E-state index contributed by atoms with van der Waals surface area (Å²) in [5, 5.41) is 13.9. The lowest BCUT2D eigenvalue weighted by Gasteiger charge is -2.13. The third-order valence-corrected chi connectivity index (χ3v) is 2.91. The maximum absolute atomic E-state index is 11.7. The van der Waals surface area contributed by atoms with Crippen LogP contribution in [0.1, 0.15) is 10.4 Å². The van der Waals surface area contributed by atoms with Crippen LogP contribution < -0.4 is 4.74 Å². The van der Waals surface area contributed by atoms with Crippen molar-refractivity contribution in [3.8, 4) is 5.75 Å². The van der Waals surface area contributed by atoms with E-state index in [1.165, 1.54) is 4.90 Å². The summed E-state index contributed by atoms with van der Waals surface area (Å²) in [6.07, 6.45) is 2.80. The maximum atomic E-state index is 11.7. The standard InChI is InChI=1S/C15H19N3O3/c1-17(2)15(20)12-4-6-14(7-5-12)21-11-13(19)10-18-9-3-8-16-18/h3-9,13,19H,10-11H2,1-2H3. The lowest BCUT2D eigenvalue weighted by Crippen LogP contribution is -2.24. The maximum Gasteiger partial charge on any atom is 0.253 e. The number of benzene rings is 1. The Kier molecular flexibility index (Phi) is 4.94. The summed E-state index contributed by atoms with van der Waals surface area (Å²) in [7, 11) is 3.41. The lowest BCUT2D eigenvalue weighted by molar-refractivity contribution is 0.0826. The van der Waals surface area contributed by atoms with E-state index >= 15 is 0 Å². The van der Waals surface area contributed by atoms with Crippen LogP contribution in [0.5, 0.6) is 5.75 Å². The zero-order chi connectivity index (χ0) is 15.2. The molecule has 1 atom stereocenters. The molecule has 0 saturated carbocycles. The number of aliphatic hydroxyl groups excluding tert-OH is 1. The van der Waals surface area contributed by atoms with Crippen LogP contribution in [0.3, 0.4) is 0 Å². The van der Waals surface area contributed by atoms with Crippen LogP contribution in [0, 0.1) is 0 Å². The van der Waals surface area contributed by atoms with Gasteiger partial charge in [0, 0.05) is 32.1 Å². The minimum atomic E-state index is -0.645. The van der Waals surface area contributed by atoms with E-state index in [1.807, 2.05) is 0 Å². The van der Waals surface area contributed by atoms with Crippen LogP contribution in [0.25, 0.3) is 0 Å². The molecule has 1 aromatic heterocycles. The molecular weight excluding hydrogens is 270 g/mol. The smallest absolute Gasteiger partial charge is 0.253 e. The highest BCUT2D eigenvalue weighted by Gasteiger charge is 2.09. The number of ether oxygens (including phenoxy) is 1. The Balaban J connectivity index is 1.84. The van der Waals surface area contributed by atoms with Crippen molar-refractivity contribution in [2.75, 3.05) is 20.7 Å². The Labute approximate surface area is 123 Å². The Morgan fingerprint density at radius 2 is 2.10 bits per heavy atom. The quantitative estimate of drug-likeness (QED) is 0.862. The first-order chi connectivity index (χ1) is 10.1. The van der Waals surface area contributed by atoms with Gasteiger partial charge in [0.25, 0.3) is 5.91 Å².